The lowest BCUT2D eigenvalue weighted by molar-refractivity contribution is 0.567. The van der Waals surface area contributed by atoms with E-state index in [2.05, 4.69) is 25.7 Å². The fourth-order valence-electron chi connectivity index (χ4n) is 1.70. The van der Waals surface area contributed by atoms with Crippen LogP contribution >= 0.6 is 0 Å². The lowest BCUT2D eigenvalue weighted by Gasteiger charge is -1.99. The molecule has 0 heterocycles. The molecule has 0 unspecified atom stereocenters. The Labute approximate surface area is 96.8 Å². The summed E-state index contributed by atoms with van der Waals surface area (Å²) in [5.41, 5.74) is 0. The van der Waals surface area contributed by atoms with Crippen LogP contribution in [0.25, 0.3) is 0 Å². The quantitative estimate of drug-likeness (QED) is 0.363. The standard InChI is InChI=1S/C15H27/c1-3-5-7-9-11-13-15-14-12-10-8-6-4-2/h1,3-4,6,8-15H2,2H3. The van der Waals surface area contributed by atoms with Crippen molar-refractivity contribution in [2.24, 2.45) is 0 Å². The van der Waals surface area contributed by atoms with Crippen molar-refractivity contribution >= 4 is 0 Å². The summed E-state index contributed by atoms with van der Waals surface area (Å²) in [6.07, 6.45) is 14.4. The number of rotatable bonds is 9. The first-order valence-corrected chi connectivity index (χ1v) is 6.66. The molecule has 0 rings (SSSR count). The van der Waals surface area contributed by atoms with E-state index in [1.165, 1.54) is 57.8 Å². The van der Waals surface area contributed by atoms with Gasteiger partial charge in [0.05, 0.1) is 0 Å². The van der Waals surface area contributed by atoms with Crippen LogP contribution in [0.3, 0.4) is 0 Å². The zero-order chi connectivity index (χ0) is 11.2. The highest BCUT2D eigenvalue weighted by Crippen LogP contribution is 2.10. The molecule has 0 aromatic carbocycles. The largest absolute Gasteiger partial charge is 0.103 e. The summed E-state index contributed by atoms with van der Waals surface area (Å²) in [7, 11) is 0. The molecule has 0 fully saturated rings. The maximum atomic E-state index is 3.69. The van der Waals surface area contributed by atoms with Crippen molar-refractivity contribution in [3.05, 3.63) is 6.92 Å². The minimum absolute atomic E-state index is 0.761. The predicted octanol–water partition coefficient (Wildman–Crippen LogP) is 5.13. The van der Waals surface area contributed by atoms with Gasteiger partial charge in [0.15, 0.2) is 0 Å². The molecule has 0 heteroatoms. The molecular weight excluding hydrogens is 180 g/mol. The predicted molar refractivity (Wildman–Crippen MR) is 69.6 cm³/mol. The minimum atomic E-state index is 0.761. The zero-order valence-corrected chi connectivity index (χ0v) is 10.5. The Kier molecular flexibility index (Phi) is 13.2. The summed E-state index contributed by atoms with van der Waals surface area (Å²) < 4.78 is 0. The lowest BCUT2D eigenvalue weighted by Crippen LogP contribution is -1.80. The van der Waals surface area contributed by atoms with Crippen molar-refractivity contribution in [1.29, 1.82) is 0 Å². The molecule has 0 aromatic heterocycles. The molecule has 0 nitrogen and oxygen atoms in total. The third kappa shape index (κ3) is 13.6. The third-order valence-electron chi connectivity index (χ3n) is 2.66. The van der Waals surface area contributed by atoms with Gasteiger partial charge < -0.3 is 0 Å². The summed E-state index contributed by atoms with van der Waals surface area (Å²) >= 11 is 0. The first-order chi connectivity index (χ1) is 7.41. The lowest BCUT2D eigenvalue weighted by atomic mass is 10.1. The van der Waals surface area contributed by atoms with E-state index >= 15 is 0 Å². The summed E-state index contributed by atoms with van der Waals surface area (Å²) in [6, 6.07) is 0. The molecule has 0 atom stereocenters. The Morgan fingerprint density at radius 2 is 1.27 bits per heavy atom. The van der Waals surface area contributed by atoms with Gasteiger partial charge in [-0.1, -0.05) is 58.3 Å². The molecule has 0 spiro atoms. The molecule has 0 aliphatic heterocycles. The zero-order valence-electron chi connectivity index (χ0n) is 10.5. The first-order valence-electron chi connectivity index (χ1n) is 6.66. The van der Waals surface area contributed by atoms with Crippen LogP contribution in [0, 0.1) is 18.8 Å². The molecular formula is C15H27. The highest BCUT2D eigenvalue weighted by Gasteiger charge is 1.90. The van der Waals surface area contributed by atoms with Gasteiger partial charge in [-0.3, -0.25) is 0 Å². The van der Waals surface area contributed by atoms with Gasteiger partial charge in [0.1, 0.15) is 0 Å². The molecule has 0 saturated heterocycles. The van der Waals surface area contributed by atoms with Gasteiger partial charge in [0.2, 0.25) is 0 Å². The van der Waals surface area contributed by atoms with E-state index in [0.717, 1.165) is 12.8 Å². The SMILES string of the molecule is [CH2]CC#CCCCCCCCCCCC. The highest BCUT2D eigenvalue weighted by molar-refractivity contribution is 4.98. The van der Waals surface area contributed by atoms with Crippen LogP contribution in [-0.4, -0.2) is 0 Å². The van der Waals surface area contributed by atoms with Gasteiger partial charge in [0, 0.05) is 12.8 Å². The molecule has 0 aliphatic rings. The molecule has 0 saturated carbocycles. The Morgan fingerprint density at radius 1 is 0.733 bits per heavy atom. The summed E-state index contributed by atoms with van der Waals surface area (Å²) in [6.45, 7) is 5.97. The summed E-state index contributed by atoms with van der Waals surface area (Å²) in [4.78, 5) is 0. The van der Waals surface area contributed by atoms with Crippen molar-refractivity contribution in [1.82, 2.24) is 0 Å². The van der Waals surface area contributed by atoms with Gasteiger partial charge >= 0.3 is 0 Å². The van der Waals surface area contributed by atoms with E-state index in [-0.39, 0.29) is 0 Å². The van der Waals surface area contributed by atoms with Crippen LogP contribution in [0.1, 0.15) is 77.6 Å². The van der Waals surface area contributed by atoms with Crippen LogP contribution in [0.4, 0.5) is 0 Å². The van der Waals surface area contributed by atoms with Gasteiger partial charge in [-0.05, 0) is 13.3 Å². The number of hydrogen-bond donors (Lipinski definition) is 0. The fraction of sp³-hybridized carbons (Fsp3) is 0.800. The van der Waals surface area contributed by atoms with Gasteiger partial charge in [-0.15, -0.1) is 11.8 Å². The maximum Gasteiger partial charge on any atom is 0.00890 e. The topological polar surface area (TPSA) is 0 Å². The molecule has 15 heavy (non-hydrogen) atoms. The van der Waals surface area contributed by atoms with E-state index in [1.54, 1.807) is 0 Å². The van der Waals surface area contributed by atoms with E-state index < -0.39 is 0 Å². The first kappa shape index (κ1) is 14.6. The molecule has 0 amide bonds. The molecule has 0 aliphatic carbocycles. The number of hydrogen-bond acceptors (Lipinski definition) is 0. The average Bonchev–Trinajstić information content (AvgIpc) is 2.26. The van der Waals surface area contributed by atoms with E-state index in [1.807, 2.05) is 0 Å². The molecule has 0 N–H and O–H groups in total. The molecule has 1 radical (unpaired) electrons. The van der Waals surface area contributed by atoms with Crippen LogP contribution in [-0.2, 0) is 0 Å². The smallest absolute Gasteiger partial charge is 0.00890 e. The van der Waals surface area contributed by atoms with Crippen molar-refractivity contribution in [3.8, 4) is 11.8 Å². The van der Waals surface area contributed by atoms with Crippen LogP contribution in [0.5, 0.6) is 0 Å². The average molecular weight is 207 g/mol. The minimum Gasteiger partial charge on any atom is -0.103 e. The Morgan fingerprint density at radius 3 is 1.80 bits per heavy atom. The summed E-state index contributed by atoms with van der Waals surface area (Å²) in [5, 5.41) is 0. The second-order valence-corrected chi connectivity index (χ2v) is 4.18. The Hall–Kier alpha value is -0.440. The Balaban J connectivity index is 2.92. The molecule has 0 bridgehead atoms. The summed E-state index contributed by atoms with van der Waals surface area (Å²) in [5.74, 6) is 6.15. The highest BCUT2D eigenvalue weighted by atomic mass is 14.0. The van der Waals surface area contributed by atoms with Crippen molar-refractivity contribution in [3.63, 3.8) is 0 Å². The van der Waals surface area contributed by atoms with Crippen LogP contribution in [0.15, 0.2) is 0 Å². The van der Waals surface area contributed by atoms with Crippen LogP contribution in [0.2, 0.25) is 0 Å². The van der Waals surface area contributed by atoms with E-state index in [4.69, 9.17) is 0 Å². The van der Waals surface area contributed by atoms with Gasteiger partial charge in [0.25, 0.3) is 0 Å². The second-order valence-electron chi connectivity index (χ2n) is 4.18. The van der Waals surface area contributed by atoms with Crippen molar-refractivity contribution < 1.29 is 0 Å². The maximum absolute atomic E-state index is 3.69. The Bertz CT molecular complexity index is 159. The number of unbranched alkanes of at least 4 members (excludes halogenated alkanes) is 9. The van der Waals surface area contributed by atoms with Gasteiger partial charge in [-0.25, -0.2) is 0 Å². The van der Waals surface area contributed by atoms with Crippen molar-refractivity contribution in [2.75, 3.05) is 0 Å². The molecule has 87 valence electrons. The van der Waals surface area contributed by atoms with Crippen LogP contribution < -0.4 is 0 Å². The normalized spacial score (nSPS) is 9.73. The van der Waals surface area contributed by atoms with Crippen molar-refractivity contribution in [2.45, 2.75) is 77.6 Å². The molecule has 0 aromatic rings. The fourth-order valence-corrected chi connectivity index (χ4v) is 1.70. The van der Waals surface area contributed by atoms with Gasteiger partial charge in [-0.2, -0.15) is 0 Å². The third-order valence-corrected chi connectivity index (χ3v) is 2.66. The second kappa shape index (κ2) is 13.6. The van der Waals surface area contributed by atoms with E-state index in [0.29, 0.717) is 0 Å². The monoisotopic (exact) mass is 207 g/mol. The van der Waals surface area contributed by atoms with E-state index in [9.17, 15) is 0 Å².